The van der Waals surface area contributed by atoms with Crippen LogP contribution in [0.2, 0.25) is 0 Å². The number of aromatic nitrogens is 2. The summed E-state index contributed by atoms with van der Waals surface area (Å²) >= 11 is 0. The molecule has 2 aliphatic rings. The second-order valence-electron chi connectivity index (χ2n) is 9.37. The van der Waals surface area contributed by atoms with Crippen molar-refractivity contribution < 1.29 is 19.1 Å². The monoisotopic (exact) mass is 466 g/mol. The van der Waals surface area contributed by atoms with Gasteiger partial charge in [0.1, 0.15) is 5.82 Å². The maximum Gasteiger partial charge on any atom is 0.320 e. The summed E-state index contributed by atoms with van der Waals surface area (Å²) in [6.07, 6.45) is 2.48. The number of hydrogen-bond acceptors (Lipinski definition) is 6. The Labute approximate surface area is 198 Å². The Hall–Kier alpha value is -3.69. The summed E-state index contributed by atoms with van der Waals surface area (Å²) < 4.78 is 12.0. The lowest BCUT2D eigenvalue weighted by Crippen LogP contribution is -2.32. The Kier molecular flexibility index (Phi) is 6.41. The van der Waals surface area contributed by atoms with Gasteiger partial charge in [0.2, 0.25) is 0 Å². The van der Waals surface area contributed by atoms with Crippen LogP contribution in [0.3, 0.4) is 0 Å². The van der Waals surface area contributed by atoms with E-state index in [0.717, 1.165) is 36.2 Å². The highest BCUT2D eigenvalue weighted by Crippen LogP contribution is 2.29. The number of carbonyl (C=O) groups excluding carboxylic acids is 2. The lowest BCUT2D eigenvalue weighted by Gasteiger charge is -2.16. The van der Waals surface area contributed by atoms with Crippen LogP contribution < -0.4 is 20.1 Å². The van der Waals surface area contributed by atoms with Crippen molar-refractivity contribution in [1.82, 2.24) is 15.1 Å². The zero-order valence-corrected chi connectivity index (χ0v) is 20.1. The van der Waals surface area contributed by atoms with E-state index in [4.69, 9.17) is 9.47 Å². The molecule has 3 amide bonds. The van der Waals surface area contributed by atoms with Gasteiger partial charge in [-0.2, -0.15) is 14.8 Å². The number of hydrogen-bond donors (Lipinski definition) is 2. The Balaban J connectivity index is 1.54. The van der Waals surface area contributed by atoms with Crippen molar-refractivity contribution in [2.75, 3.05) is 19.5 Å². The van der Waals surface area contributed by atoms with Crippen molar-refractivity contribution >= 4 is 29.4 Å². The first-order chi connectivity index (χ1) is 16.2. The Morgan fingerprint density at radius 3 is 2.62 bits per heavy atom. The molecule has 0 bridgehead atoms. The van der Waals surface area contributed by atoms with Crippen LogP contribution >= 0.6 is 0 Å². The fourth-order valence-corrected chi connectivity index (χ4v) is 3.98. The molecule has 10 nitrogen and oxygen atoms in total. The van der Waals surface area contributed by atoms with E-state index in [1.54, 1.807) is 32.4 Å². The zero-order valence-electron chi connectivity index (χ0n) is 20.1. The first kappa shape index (κ1) is 23.5. The molecule has 0 spiro atoms. The molecule has 2 N–H and O–H groups in total. The van der Waals surface area contributed by atoms with Crippen LogP contribution in [0, 0.1) is 5.92 Å². The highest BCUT2D eigenvalue weighted by molar-refractivity contribution is 6.17. The Morgan fingerprint density at radius 1 is 1.15 bits per heavy atom. The van der Waals surface area contributed by atoms with E-state index in [-0.39, 0.29) is 29.7 Å². The molecule has 34 heavy (non-hydrogen) atoms. The number of nitrogens with zero attached hydrogens (tertiary/aromatic N) is 4. The van der Waals surface area contributed by atoms with Gasteiger partial charge in [0.15, 0.2) is 11.5 Å². The predicted octanol–water partition coefficient (Wildman–Crippen LogP) is 3.50. The minimum absolute atomic E-state index is 0.184. The fraction of sp³-hybridized carbons (Fsp3) is 0.458. The summed E-state index contributed by atoms with van der Waals surface area (Å²) in [7, 11) is 3.13. The third-order valence-electron chi connectivity index (χ3n) is 5.89. The highest BCUT2D eigenvalue weighted by atomic mass is 16.5. The normalized spacial score (nSPS) is 17.6. The van der Waals surface area contributed by atoms with Crippen LogP contribution in [-0.2, 0) is 16.8 Å². The summed E-state index contributed by atoms with van der Waals surface area (Å²) in [5, 5.41) is 10.3. The molecule has 1 aromatic carbocycles. The average molecular weight is 467 g/mol. The van der Waals surface area contributed by atoms with E-state index in [1.165, 1.54) is 4.68 Å². The molecule has 1 unspecified atom stereocenters. The smallest absolute Gasteiger partial charge is 0.320 e. The molecule has 0 radical (unpaired) electrons. The van der Waals surface area contributed by atoms with Gasteiger partial charge in [-0.05, 0) is 37.0 Å². The van der Waals surface area contributed by atoms with Crippen molar-refractivity contribution in [3.63, 3.8) is 0 Å². The number of amides is 3. The molecule has 180 valence electrons. The van der Waals surface area contributed by atoms with Crippen LogP contribution in [0.1, 0.15) is 51.3 Å². The summed E-state index contributed by atoms with van der Waals surface area (Å²) in [4.78, 5) is 34.1. The molecule has 2 aromatic rings. The molecule has 0 saturated heterocycles. The van der Waals surface area contributed by atoms with Gasteiger partial charge in [0, 0.05) is 23.7 Å². The topological polar surface area (TPSA) is 119 Å². The van der Waals surface area contributed by atoms with Crippen LogP contribution in [0.5, 0.6) is 11.5 Å². The number of anilines is 1. The molecule has 2 heterocycles. The molecule has 1 atom stereocenters. The lowest BCUT2D eigenvalue weighted by atomic mass is 9.92. The summed E-state index contributed by atoms with van der Waals surface area (Å²) in [6, 6.07) is 6.79. The third kappa shape index (κ3) is 4.80. The minimum atomic E-state index is -0.425. The number of benzene rings is 1. The molecule has 10 heteroatoms. The largest absolute Gasteiger partial charge is 0.493 e. The van der Waals surface area contributed by atoms with E-state index in [2.05, 4.69) is 25.7 Å². The van der Waals surface area contributed by atoms with E-state index in [1.807, 2.05) is 26.8 Å². The van der Waals surface area contributed by atoms with Gasteiger partial charge < -0.3 is 14.8 Å². The predicted molar refractivity (Wildman–Crippen MR) is 129 cm³/mol. The minimum Gasteiger partial charge on any atom is -0.493 e. The maximum absolute atomic E-state index is 12.7. The average Bonchev–Trinajstić information content (AvgIpc) is 3.44. The van der Waals surface area contributed by atoms with Crippen molar-refractivity contribution in [3.05, 3.63) is 35.5 Å². The molecule has 1 aromatic heterocycles. The number of ether oxygens (including phenoxy) is 2. The van der Waals surface area contributed by atoms with Crippen molar-refractivity contribution in [2.45, 2.75) is 52.0 Å². The number of methoxy groups -OCH3 is 2. The molecule has 1 fully saturated rings. The second kappa shape index (κ2) is 9.28. The van der Waals surface area contributed by atoms with Crippen LogP contribution in [0.4, 0.5) is 10.6 Å². The Bertz CT molecular complexity index is 1170. The van der Waals surface area contributed by atoms with Gasteiger partial charge in [0.05, 0.1) is 25.8 Å². The van der Waals surface area contributed by atoms with Gasteiger partial charge in [-0.3, -0.25) is 10.1 Å². The quantitative estimate of drug-likeness (QED) is 0.699. The number of urea groups is 1. The van der Waals surface area contributed by atoms with Crippen molar-refractivity contribution in [1.29, 1.82) is 0 Å². The zero-order chi connectivity index (χ0) is 24.5. The maximum atomic E-state index is 12.7. The number of fused-ring (bicyclic) bond motifs is 1. The Morgan fingerprint density at radius 2 is 1.91 bits per heavy atom. The molecule has 1 aliphatic carbocycles. The van der Waals surface area contributed by atoms with E-state index < -0.39 is 6.03 Å². The molecule has 4 rings (SSSR count). The van der Waals surface area contributed by atoms with Gasteiger partial charge in [-0.1, -0.05) is 26.8 Å². The van der Waals surface area contributed by atoms with Crippen molar-refractivity contribution in [3.8, 4) is 11.5 Å². The molecule has 1 saturated carbocycles. The molecular formula is C24H30N6O4. The summed E-state index contributed by atoms with van der Waals surface area (Å²) in [6.45, 7) is 6.34. The number of nitrogens with one attached hydrogen (secondary N) is 2. The number of carbonyl (C=O) groups is 2. The summed E-state index contributed by atoms with van der Waals surface area (Å²) in [5.41, 5.74) is 2.15. The highest BCUT2D eigenvalue weighted by Gasteiger charge is 2.34. The van der Waals surface area contributed by atoms with Crippen LogP contribution in [-0.4, -0.2) is 47.6 Å². The van der Waals surface area contributed by atoms with Crippen LogP contribution in [0.15, 0.2) is 34.3 Å². The first-order valence-electron chi connectivity index (χ1n) is 11.3. The van der Waals surface area contributed by atoms with Gasteiger partial charge in [0.25, 0.3) is 11.9 Å². The lowest BCUT2D eigenvalue weighted by molar-refractivity contribution is -0.119. The third-order valence-corrected chi connectivity index (χ3v) is 5.89. The fourth-order valence-electron chi connectivity index (χ4n) is 3.98. The first-order valence-corrected chi connectivity index (χ1v) is 11.3. The van der Waals surface area contributed by atoms with E-state index in [0.29, 0.717) is 17.3 Å². The molecular weight excluding hydrogens is 436 g/mol. The number of rotatable bonds is 5. The van der Waals surface area contributed by atoms with E-state index in [9.17, 15) is 9.59 Å². The summed E-state index contributed by atoms with van der Waals surface area (Å²) in [5.74, 6) is 1.35. The standard InChI is InChI=1S/C24H30N6O4/c1-24(2,3)19-12-20(30(29-19)22-26-16-8-6-7-15(16)21(31)28-22)27-23(32)25-13-14-9-10-17(33-4)18(11-14)34-5/h9-12,15H,6-8,13H2,1-5H3,(H2,25,27,32). The SMILES string of the molecule is COc1ccc(CNC(=O)Nc2cc(C(C)(C)C)nn2C2=NC(=O)C3CCCC3=N2)cc1OC. The van der Waals surface area contributed by atoms with Crippen LogP contribution in [0.25, 0.3) is 0 Å². The number of aliphatic imine (C=N–C) groups is 2. The van der Waals surface area contributed by atoms with E-state index >= 15 is 0 Å². The van der Waals surface area contributed by atoms with Crippen molar-refractivity contribution in [2.24, 2.45) is 15.9 Å². The molecule has 1 aliphatic heterocycles. The van der Waals surface area contributed by atoms with Gasteiger partial charge in [-0.25, -0.2) is 9.79 Å². The van der Waals surface area contributed by atoms with Gasteiger partial charge >= 0.3 is 6.03 Å². The van der Waals surface area contributed by atoms with Gasteiger partial charge in [-0.15, -0.1) is 0 Å². The second-order valence-corrected chi connectivity index (χ2v) is 9.37.